The van der Waals surface area contributed by atoms with Gasteiger partial charge in [-0.15, -0.1) is 0 Å². The molecule has 1 saturated heterocycles. The number of methoxy groups -OCH3 is 2. The van der Waals surface area contributed by atoms with Crippen molar-refractivity contribution in [3.05, 3.63) is 53.1 Å². The van der Waals surface area contributed by atoms with E-state index < -0.39 is 0 Å². The van der Waals surface area contributed by atoms with E-state index in [1.54, 1.807) is 14.2 Å². The number of likely N-dealkylation sites (N-methyl/N-ethyl adjacent to an activating group) is 1. The third kappa shape index (κ3) is 2.82. The van der Waals surface area contributed by atoms with Crippen molar-refractivity contribution in [1.29, 1.82) is 0 Å². The quantitative estimate of drug-likeness (QED) is 0.864. The van der Waals surface area contributed by atoms with Gasteiger partial charge in [0.15, 0.2) is 11.5 Å². The topological polar surface area (TPSA) is 60.1 Å². The largest absolute Gasteiger partial charge is 0.493 e. The standard InChI is InChI=1S/C21H25N3O2/c1-24-8-7-18-17(12-24)15-10-19(25-2)20(26-3)11-16(15)21(23-18)13-5-4-6-14(22)9-13/h4-6,9-11,17-18H,7-8,12,22H2,1-3H3. The monoisotopic (exact) mass is 351 g/mol. The molecule has 136 valence electrons. The zero-order valence-electron chi connectivity index (χ0n) is 15.5. The van der Waals surface area contributed by atoms with Gasteiger partial charge in [0.25, 0.3) is 0 Å². The van der Waals surface area contributed by atoms with Gasteiger partial charge < -0.3 is 20.1 Å². The summed E-state index contributed by atoms with van der Waals surface area (Å²) in [5, 5.41) is 0. The van der Waals surface area contributed by atoms with Crippen molar-refractivity contribution in [3.8, 4) is 11.5 Å². The van der Waals surface area contributed by atoms with Crippen LogP contribution in [0.15, 0.2) is 41.4 Å². The molecule has 0 aliphatic carbocycles. The van der Waals surface area contributed by atoms with Gasteiger partial charge >= 0.3 is 0 Å². The number of nitrogen functional groups attached to an aromatic ring is 1. The maximum atomic E-state index is 6.03. The molecule has 2 N–H and O–H groups in total. The van der Waals surface area contributed by atoms with Crippen molar-refractivity contribution < 1.29 is 9.47 Å². The normalized spacial score (nSPS) is 22.2. The molecule has 2 aliphatic rings. The molecule has 2 heterocycles. The molecule has 1 fully saturated rings. The molecule has 4 rings (SSSR count). The number of likely N-dealkylation sites (tertiary alicyclic amines) is 1. The molecule has 0 aromatic heterocycles. The Kier molecular flexibility index (Phi) is 4.32. The number of hydrogen-bond donors (Lipinski definition) is 1. The number of ether oxygens (including phenoxy) is 2. The lowest BCUT2D eigenvalue weighted by atomic mass is 9.79. The van der Waals surface area contributed by atoms with Crippen molar-refractivity contribution >= 4 is 11.4 Å². The highest BCUT2D eigenvalue weighted by atomic mass is 16.5. The molecule has 2 unspecified atom stereocenters. The molecular weight excluding hydrogens is 326 g/mol. The summed E-state index contributed by atoms with van der Waals surface area (Å²) in [5.41, 5.74) is 11.2. The number of anilines is 1. The molecule has 0 bridgehead atoms. The SMILES string of the molecule is COc1cc2c(cc1OC)C1CN(C)CCC1N=C2c1cccc(N)c1. The molecule has 0 spiro atoms. The average Bonchev–Trinajstić information content (AvgIpc) is 2.66. The third-order valence-electron chi connectivity index (χ3n) is 5.44. The van der Waals surface area contributed by atoms with Crippen LogP contribution in [0.4, 0.5) is 5.69 Å². The molecular formula is C21H25N3O2. The van der Waals surface area contributed by atoms with Crippen molar-refractivity contribution in [1.82, 2.24) is 4.90 Å². The first-order valence-corrected chi connectivity index (χ1v) is 8.99. The van der Waals surface area contributed by atoms with E-state index in [-0.39, 0.29) is 6.04 Å². The van der Waals surface area contributed by atoms with Crippen LogP contribution < -0.4 is 15.2 Å². The number of benzene rings is 2. The smallest absolute Gasteiger partial charge is 0.161 e. The lowest BCUT2D eigenvalue weighted by Crippen LogP contribution is -2.41. The van der Waals surface area contributed by atoms with Crippen molar-refractivity contribution in [3.63, 3.8) is 0 Å². The number of fused-ring (bicyclic) bond motifs is 3. The molecule has 2 aromatic rings. The van der Waals surface area contributed by atoms with E-state index in [2.05, 4.69) is 30.1 Å². The van der Waals surface area contributed by atoms with E-state index in [4.69, 9.17) is 20.2 Å². The number of rotatable bonds is 3. The van der Waals surface area contributed by atoms with Gasteiger partial charge in [0.1, 0.15) is 0 Å². The second kappa shape index (κ2) is 6.65. The second-order valence-electron chi connectivity index (χ2n) is 7.12. The van der Waals surface area contributed by atoms with Gasteiger partial charge in [0, 0.05) is 29.3 Å². The highest BCUT2D eigenvalue weighted by Gasteiger charge is 2.36. The van der Waals surface area contributed by atoms with Crippen LogP contribution in [0.1, 0.15) is 29.0 Å². The number of nitrogens with zero attached hydrogens (tertiary/aromatic N) is 2. The van der Waals surface area contributed by atoms with Crippen LogP contribution in [0.2, 0.25) is 0 Å². The fourth-order valence-corrected chi connectivity index (χ4v) is 4.12. The molecule has 0 saturated carbocycles. The maximum absolute atomic E-state index is 6.03. The molecule has 0 amide bonds. The first kappa shape index (κ1) is 16.9. The van der Waals surface area contributed by atoms with E-state index in [1.807, 2.05) is 18.2 Å². The Balaban J connectivity index is 1.91. The summed E-state index contributed by atoms with van der Waals surface area (Å²) in [6.45, 7) is 2.07. The van der Waals surface area contributed by atoms with Gasteiger partial charge in [0.05, 0.1) is 26.0 Å². The van der Waals surface area contributed by atoms with E-state index in [0.717, 1.165) is 53.5 Å². The van der Waals surface area contributed by atoms with Crippen LogP contribution in [-0.4, -0.2) is 51.0 Å². The Morgan fingerprint density at radius 2 is 1.88 bits per heavy atom. The lowest BCUT2D eigenvalue weighted by molar-refractivity contribution is 0.227. The predicted octanol–water partition coefficient (Wildman–Crippen LogP) is 2.92. The van der Waals surface area contributed by atoms with E-state index >= 15 is 0 Å². The minimum atomic E-state index is 0.285. The predicted molar refractivity (Wildman–Crippen MR) is 105 cm³/mol. The molecule has 2 aromatic carbocycles. The van der Waals surface area contributed by atoms with Crippen LogP contribution in [0.5, 0.6) is 11.5 Å². The highest BCUT2D eigenvalue weighted by molar-refractivity contribution is 6.15. The zero-order chi connectivity index (χ0) is 18.3. The molecule has 26 heavy (non-hydrogen) atoms. The molecule has 2 atom stereocenters. The molecule has 5 nitrogen and oxygen atoms in total. The van der Waals surface area contributed by atoms with Gasteiger partial charge in [-0.05, 0) is 49.8 Å². The van der Waals surface area contributed by atoms with E-state index in [1.165, 1.54) is 5.56 Å². The average molecular weight is 351 g/mol. The Morgan fingerprint density at radius 3 is 2.62 bits per heavy atom. The van der Waals surface area contributed by atoms with Crippen LogP contribution in [0.3, 0.4) is 0 Å². The van der Waals surface area contributed by atoms with Gasteiger partial charge in [-0.2, -0.15) is 0 Å². The number of nitrogens with two attached hydrogens (primary N) is 1. The minimum Gasteiger partial charge on any atom is -0.493 e. The summed E-state index contributed by atoms with van der Waals surface area (Å²) in [6.07, 6.45) is 1.06. The minimum absolute atomic E-state index is 0.285. The molecule has 2 aliphatic heterocycles. The Hall–Kier alpha value is -2.53. The maximum Gasteiger partial charge on any atom is 0.161 e. The Labute approximate surface area is 154 Å². The number of piperidine rings is 1. The van der Waals surface area contributed by atoms with Gasteiger partial charge in [-0.3, -0.25) is 4.99 Å². The molecule has 5 heteroatoms. The van der Waals surface area contributed by atoms with Crippen LogP contribution >= 0.6 is 0 Å². The van der Waals surface area contributed by atoms with Crippen LogP contribution in [0, 0.1) is 0 Å². The van der Waals surface area contributed by atoms with Gasteiger partial charge in [-0.25, -0.2) is 0 Å². The van der Waals surface area contributed by atoms with Gasteiger partial charge in [0.2, 0.25) is 0 Å². The summed E-state index contributed by atoms with van der Waals surface area (Å²) in [6, 6.07) is 12.4. The zero-order valence-corrected chi connectivity index (χ0v) is 15.5. The summed E-state index contributed by atoms with van der Waals surface area (Å²) >= 11 is 0. The fourth-order valence-electron chi connectivity index (χ4n) is 4.12. The van der Waals surface area contributed by atoms with Crippen molar-refractivity contribution in [2.75, 3.05) is 40.1 Å². The van der Waals surface area contributed by atoms with Crippen LogP contribution in [0.25, 0.3) is 0 Å². The first-order valence-electron chi connectivity index (χ1n) is 8.99. The van der Waals surface area contributed by atoms with Crippen LogP contribution in [-0.2, 0) is 0 Å². The van der Waals surface area contributed by atoms with Crippen molar-refractivity contribution in [2.24, 2.45) is 4.99 Å². The third-order valence-corrected chi connectivity index (χ3v) is 5.44. The number of aliphatic imine (C=N–C) groups is 1. The fraction of sp³-hybridized carbons (Fsp3) is 0.381. The summed E-state index contributed by atoms with van der Waals surface area (Å²) in [7, 11) is 5.53. The van der Waals surface area contributed by atoms with Crippen molar-refractivity contribution in [2.45, 2.75) is 18.4 Å². The second-order valence-corrected chi connectivity index (χ2v) is 7.12. The lowest BCUT2D eigenvalue weighted by Gasteiger charge is -2.39. The molecule has 0 radical (unpaired) electrons. The number of hydrogen-bond acceptors (Lipinski definition) is 5. The first-order chi connectivity index (χ1) is 12.6. The summed E-state index contributed by atoms with van der Waals surface area (Å²) < 4.78 is 11.1. The Morgan fingerprint density at radius 1 is 1.12 bits per heavy atom. The van der Waals surface area contributed by atoms with E-state index in [9.17, 15) is 0 Å². The van der Waals surface area contributed by atoms with Gasteiger partial charge in [-0.1, -0.05) is 12.1 Å². The Bertz CT molecular complexity index is 862. The summed E-state index contributed by atoms with van der Waals surface area (Å²) in [5.74, 6) is 1.87. The highest BCUT2D eigenvalue weighted by Crippen LogP contribution is 2.42. The van der Waals surface area contributed by atoms with E-state index in [0.29, 0.717) is 5.92 Å². The summed E-state index contributed by atoms with van der Waals surface area (Å²) in [4.78, 5) is 7.54.